The van der Waals surface area contributed by atoms with Crippen molar-refractivity contribution in [3.8, 4) is 0 Å². The summed E-state index contributed by atoms with van der Waals surface area (Å²) in [6.07, 6.45) is 5.47. The third-order valence-electron chi connectivity index (χ3n) is 5.03. The van der Waals surface area contributed by atoms with Crippen molar-refractivity contribution in [2.45, 2.75) is 51.2 Å². The Bertz CT molecular complexity index is 507. The van der Waals surface area contributed by atoms with E-state index in [4.69, 9.17) is 0 Å². The third kappa shape index (κ3) is 3.19. The van der Waals surface area contributed by atoms with Crippen LogP contribution in [-0.4, -0.2) is 45.7 Å². The molecule has 1 saturated heterocycles. The van der Waals surface area contributed by atoms with E-state index in [0.29, 0.717) is 5.92 Å². The minimum Gasteiger partial charge on any atom is -0.390 e. The monoisotopic (exact) mass is 290 g/mol. The van der Waals surface area contributed by atoms with Gasteiger partial charge in [-0.1, -0.05) is 12.8 Å². The number of piperidine rings is 1. The Morgan fingerprint density at radius 3 is 3.05 bits per heavy atom. The fourth-order valence-electron chi connectivity index (χ4n) is 3.81. The Morgan fingerprint density at radius 1 is 1.38 bits per heavy atom. The Balaban J connectivity index is 1.67. The number of anilines is 1. The van der Waals surface area contributed by atoms with Crippen molar-refractivity contribution in [2.24, 2.45) is 5.92 Å². The first kappa shape index (κ1) is 14.7. The van der Waals surface area contributed by atoms with Crippen LogP contribution in [0.25, 0.3) is 0 Å². The van der Waals surface area contributed by atoms with Gasteiger partial charge in [-0.15, -0.1) is 0 Å². The smallest absolute Gasteiger partial charge is 0.144 e. The molecule has 1 saturated carbocycles. The van der Waals surface area contributed by atoms with Gasteiger partial charge in [-0.2, -0.15) is 0 Å². The summed E-state index contributed by atoms with van der Waals surface area (Å²) in [4.78, 5) is 11.5. The summed E-state index contributed by atoms with van der Waals surface area (Å²) in [6.45, 7) is 4.70. The summed E-state index contributed by atoms with van der Waals surface area (Å²) >= 11 is 0. The van der Waals surface area contributed by atoms with E-state index in [1.165, 1.54) is 12.8 Å². The maximum absolute atomic E-state index is 10.7. The number of aromatic nitrogens is 2. The Morgan fingerprint density at radius 2 is 2.24 bits per heavy atom. The molecule has 2 aliphatic rings. The molecule has 3 rings (SSSR count). The van der Waals surface area contributed by atoms with Gasteiger partial charge in [0.1, 0.15) is 11.6 Å². The zero-order chi connectivity index (χ0) is 14.9. The predicted octanol–water partition coefficient (Wildman–Crippen LogP) is 1.95. The fourth-order valence-corrected chi connectivity index (χ4v) is 3.81. The first-order valence-electron chi connectivity index (χ1n) is 8.06. The van der Waals surface area contributed by atoms with Crippen molar-refractivity contribution in [1.29, 1.82) is 0 Å². The van der Waals surface area contributed by atoms with Gasteiger partial charge < -0.3 is 10.4 Å². The summed E-state index contributed by atoms with van der Waals surface area (Å²) in [5.41, 5.74) is 0.591. The summed E-state index contributed by atoms with van der Waals surface area (Å²) in [5, 5.41) is 13.8. The first-order valence-corrected chi connectivity index (χ1v) is 8.06. The van der Waals surface area contributed by atoms with Crippen LogP contribution in [0.4, 0.5) is 5.82 Å². The highest BCUT2D eigenvalue weighted by Crippen LogP contribution is 2.39. The number of nitrogens with one attached hydrogen (secondary N) is 1. The molecule has 0 amide bonds. The zero-order valence-corrected chi connectivity index (χ0v) is 13.1. The molecule has 1 aromatic heterocycles. The van der Waals surface area contributed by atoms with E-state index >= 15 is 0 Å². The number of aliphatic hydroxyl groups is 1. The second kappa shape index (κ2) is 5.89. The molecule has 0 bridgehead atoms. The second-order valence-electron chi connectivity index (χ2n) is 6.59. The van der Waals surface area contributed by atoms with Gasteiger partial charge in [-0.05, 0) is 26.2 Å². The van der Waals surface area contributed by atoms with Crippen molar-refractivity contribution in [3.63, 3.8) is 0 Å². The average molecular weight is 290 g/mol. The van der Waals surface area contributed by atoms with Crippen molar-refractivity contribution < 1.29 is 5.11 Å². The lowest BCUT2D eigenvalue weighted by atomic mass is 9.71. The van der Waals surface area contributed by atoms with Crippen LogP contribution in [0.3, 0.4) is 0 Å². The minimum absolute atomic E-state index is 0.404. The molecule has 2 atom stereocenters. The highest BCUT2D eigenvalue weighted by molar-refractivity contribution is 5.34. The predicted molar refractivity (Wildman–Crippen MR) is 83.1 cm³/mol. The molecule has 1 aliphatic carbocycles. The lowest BCUT2D eigenvalue weighted by Gasteiger charge is -2.47. The Kier molecular flexibility index (Phi) is 4.13. The van der Waals surface area contributed by atoms with Crippen LogP contribution in [0.1, 0.15) is 43.6 Å². The van der Waals surface area contributed by atoms with Gasteiger partial charge in [0.2, 0.25) is 0 Å². The molecule has 1 aromatic rings. The van der Waals surface area contributed by atoms with Crippen LogP contribution in [0, 0.1) is 12.8 Å². The Labute approximate surface area is 126 Å². The van der Waals surface area contributed by atoms with Crippen LogP contribution in [-0.2, 0) is 6.54 Å². The van der Waals surface area contributed by atoms with Gasteiger partial charge in [0.05, 0.1) is 12.1 Å². The normalized spacial score (nSPS) is 30.0. The number of likely N-dealkylation sites (tertiary alicyclic amines) is 1. The quantitative estimate of drug-likeness (QED) is 0.891. The first-order chi connectivity index (χ1) is 10.1. The molecule has 116 valence electrons. The van der Waals surface area contributed by atoms with E-state index in [1.54, 1.807) is 0 Å². The number of hydrogen-bond acceptors (Lipinski definition) is 5. The van der Waals surface area contributed by atoms with E-state index in [-0.39, 0.29) is 0 Å². The lowest BCUT2D eigenvalue weighted by Crippen LogP contribution is -2.53. The van der Waals surface area contributed by atoms with Gasteiger partial charge in [-0.3, -0.25) is 4.90 Å². The van der Waals surface area contributed by atoms with Gasteiger partial charge in [-0.25, -0.2) is 9.97 Å². The van der Waals surface area contributed by atoms with Crippen LogP contribution in [0.5, 0.6) is 0 Å². The number of fused-ring (bicyclic) bond motifs is 1. The van der Waals surface area contributed by atoms with Crippen molar-refractivity contribution in [3.05, 3.63) is 17.6 Å². The third-order valence-corrected chi connectivity index (χ3v) is 5.03. The summed E-state index contributed by atoms with van der Waals surface area (Å²) in [7, 11) is 1.88. The number of hydrogen-bond donors (Lipinski definition) is 2. The average Bonchev–Trinajstić information content (AvgIpc) is 2.47. The van der Waals surface area contributed by atoms with Gasteiger partial charge in [0, 0.05) is 37.8 Å². The fraction of sp³-hybridized carbons (Fsp3) is 0.750. The van der Waals surface area contributed by atoms with Gasteiger partial charge in [0.15, 0.2) is 0 Å². The standard InChI is InChI=1S/C16H26N4O/c1-12-9-14(17-2)19-15(18-12)11-20-8-7-16(21)6-4-3-5-13(16)10-20/h9,13,21H,3-8,10-11H2,1-2H3,(H,17,18,19). The van der Waals surface area contributed by atoms with Gasteiger partial charge >= 0.3 is 0 Å². The number of rotatable bonds is 3. The van der Waals surface area contributed by atoms with E-state index in [1.807, 2.05) is 20.0 Å². The molecule has 21 heavy (non-hydrogen) atoms. The molecule has 0 radical (unpaired) electrons. The molecule has 2 heterocycles. The zero-order valence-electron chi connectivity index (χ0n) is 13.1. The molecular weight excluding hydrogens is 264 g/mol. The summed E-state index contributed by atoms with van der Waals surface area (Å²) in [5.74, 6) is 2.18. The van der Waals surface area contributed by atoms with Crippen molar-refractivity contribution in [1.82, 2.24) is 14.9 Å². The Hall–Kier alpha value is -1.20. The molecule has 5 heteroatoms. The van der Waals surface area contributed by atoms with E-state index in [2.05, 4.69) is 20.2 Å². The summed E-state index contributed by atoms with van der Waals surface area (Å²) in [6, 6.07) is 1.96. The van der Waals surface area contributed by atoms with E-state index < -0.39 is 5.60 Å². The van der Waals surface area contributed by atoms with Crippen LogP contribution >= 0.6 is 0 Å². The highest BCUT2D eigenvalue weighted by Gasteiger charge is 2.42. The lowest BCUT2D eigenvalue weighted by molar-refractivity contribution is -0.0971. The molecule has 0 spiro atoms. The SMILES string of the molecule is CNc1cc(C)nc(CN2CCC3(O)CCCCC3C2)n1. The molecule has 0 aromatic carbocycles. The van der Waals surface area contributed by atoms with Crippen molar-refractivity contribution >= 4 is 5.82 Å². The molecular formula is C16H26N4O. The highest BCUT2D eigenvalue weighted by atomic mass is 16.3. The van der Waals surface area contributed by atoms with E-state index in [9.17, 15) is 5.11 Å². The summed E-state index contributed by atoms with van der Waals surface area (Å²) < 4.78 is 0. The molecule has 5 nitrogen and oxygen atoms in total. The second-order valence-corrected chi connectivity index (χ2v) is 6.59. The van der Waals surface area contributed by atoms with E-state index in [0.717, 1.165) is 56.2 Å². The molecule has 2 unspecified atom stereocenters. The molecule has 2 N–H and O–H groups in total. The maximum Gasteiger partial charge on any atom is 0.144 e. The van der Waals surface area contributed by atoms with Crippen LogP contribution in [0.15, 0.2) is 6.07 Å². The van der Waals surface area contributed by atoms with Crippen LogP contribution < -0.4 is 5.32 Å². The number of aryl methyl sites for hydroxylation is 1. The maximum atomic E-state index is 10.7. The van der Waals surface area contributed by atoms with Crippen LogP contribution in [0.2, 0.25) is 0 Å². The molecule has 2 fully saturated rings. The largest absolute Gasteiger partial charge is 0.390 e. The molecule has 1 aliphatic heterocycles. The minimum atomic E-state index is -0.404. The van der Waals surface area contributed by atoms with Crippen molar-refractivity contribution in [2.75, 3.05) is 25.5 Å². The topological polar surface area (TPSA) is 61.3 Å². The van der Waals surface area contributed by atoms with Gasteiger partial charge in [0.25, 0.3) is 0 Å². The number of nitrogens with zero attached hydrogens (tertiary/aromatic N) is 3.